The molecule has 0 spiro atoms. The fourth-order valence-corrected chi connectivity index (χ4v) is 5.73. The quantitative estimate of drug-likeness (QED) is 0.744. The van der Waals surface area contributed by atoms with Gasteiger partial charge >= 0.3 is 0 Å². The Morgan fingerprint density at radius 2 is 1.74 bits per heavy atom. The third-order valence-electron chi connectivity index (χ3n) is 3.04. The highest BCUT2D eigenvalue weighted by Crippen LogP contribution is 2.39. The van der Waals surface area contributed by atoms with Gasteiger partial charge in [-0.3, -0.25) is 4.72 Å². The van der Waals surface area contributed by atoms with Crippen LogP contribution in [0.3, 0.4) is 0 Å². The van der Waals surface area contributed by atoms with Crippen LogP contribution in [-0.4, -0.2) is 21.6 Å². The van der Waals surface area contributed by atoms with E-state index >= 15 is 0 Å². The summed E-state index contributed by atoms with van der Waals surface area (Å²) < 4.78 is 52.2. The lowest BCUT2D eigenvalue weighted by molar-refractivity contribution is 0.172. The van der Waals surface area contributed by atoms with Crippen molar-refractivity contribution in [3.63, 3.8) is 0 Å². The molecule has 1 aliphatic rings. The number of fused-ring (bicyclic) bond motifs is 1. The van der Waals surface area contributed by atoms with Gasteiger partial charge in [-0.15, -0.1) is 0 Å². The molecular weight excluding hydrogens is 457 g/mol. The second-order valence-electron chi connectivity index (χ2n) is 4.63. The molecule has 0 radical (unpaired) electrons. The van der Waals surface area contributed by atoms with Crippen molar-refractivity contribution in [3.8, 4) is 11.5 Å². The van der Waals surface area contributed by atoms with Crippen LogP contribution in [0.5, 0.6) is 11.5 Å². The highest BCUT2D eigenvalue weighted by Gasteiger charge is 2.25. The molecule has 23 heavy (non-hydrogen) atoms. The molecule has 0 atom stereocenters. The van der Waals surface area contributed by atoms with Crippen LogP contribution >= 0.6 is 31.9 Å². The largest absolute Gasteiger partial charge is 0.486 e. The van der Waals surface area contributed by atoms with Crippen molar-refractivity contribution in [2.75, 3.05) is 17.9 Å². The van der Waals surface area contributed by atoms with E-state index in [2.05, 4.69) is 36.6 Å². The number of anilines is 1. The fourth-order valence-electron chi connectivity index (χ4n) is 2.14. The number of hydrogen-bond donors (Lipinski definition) is 1. The summed E-state index contributed by atoms with van der Waals surface area (Å²) in [6.45, 7) is 0.730. The van der Waals surface area contributed by atoms with Crippen LogP contribution in [0.4, 0.5) is 10.1 Å². The Labute approximate surface area is 149 Å². The zero-order valence-corrected chi connectivity index (χ0v) is 15.5. The summed E-state index contributed by atoms with van der Waals surface area (Å²) in [5.74, 6) is 0.238. The summed E-state index contributed by atoms with van der Waals surface area (Å²) in [5, 5.41) is 0. The minimum atomic E-state index is -3.97. The molecule has 1 heterocycles. The average Bonchev–Trinajstić information content (AvgIpc) is 2.45. The molecule has 3 rings (SSSR count). The SMILES string of the molecule is O=S(=O)(Nc1cccc2c1OCCO2)c1c(Br)cc(F)cc1Br. The second-order valence-corrected chi connectivity index (χ2v) is 7.96. The van der Waals surface area contributed by atoms with Gasteiger partial charge in [-0.05, 0) is 56.1 Å². The van der Waals surface area contributed by atoms with E-state index in [-0.39, 0.29) is 19.5 Å². The van der Waals surface area contributed by atoms with Crippen molar-refractivity contribution in [1.29, 1.82) is 0 Å². The van der Waals surface area contributed by atoms with E-state index in [0.717, 1.165) is 12.1 Å². The number of halogens is 3. The highest BCUT2D eigenvalue weighted by molar-refractivity contribution is 9.11. The summed E-state index contributed by atoms with van der Waals surface area (Å²) >= 11 is 6.15. The van der Waals surface area contributed by atoms with Crippen molar-refractivity contribution in [2.24, 2.45) is 0 Å². The Kier molecular flexibility index (Phi) is 4.52. The lowest BCUT2D eigenvalue weighted by Gasteiger charge is -2.21. The summed E-state index contributed by atoms with van der Waals surface area (Å²) in [7, 11) is -3.97. The first-order valence-electron chi connectivity index (χ1n) is 6.44. The minimum Gasteiger partial charge on any atom is -0.486 e. The summed E-state index contributed by atoms with van der Waals surface area (Å²) in [6.07, 6.45) is 0. The molecule has 0 saturated carbocycles. The van der Waals surface area contributed by atoms with Crippen molar-refractivity contribution < 1.29 is 22.3 Å². The molecule has 2 aromatic rings. The number of nitrogens with one attached hydrogen (secondary N) is 1. The normalized spacial score (nSPS) is 13.7. The predicted molar refractivity (Wildman–Crippen MR) is 90.0 cm³/mol. The van der Waals surface area contributed by atoms with E-state index in [9.17, 15) is 12.8 Å². The van der Waals surface area contributed by atoms with Gasteiger partial charge in [0, 0.05) is 8.95 Å². The first-order valence-corrected chi connectivity index (χ1v) is 9.51. The molecule has 1 N–H and O–H groups in total. The maximum atomic E-state index is 13.3. The highest BCUT2D eigenvalue weighted by atomic mass is 79.9. The van der Waals surface area contributed by atoms with Gasteiger partial charge in [0.1, 0.15) is 23.9 Å². The maximum absolute atomic E-state index is 13.3. The Morgan fingerprint density at radius 1 is 1.09 bits per heavy atom. The Morgan fingerprint density at radius 3 is 2.43 bits per heavy atom. The Bertz CT molecular complexity index is 850. The van der Waals surface area contributed by atoms with E-state index in [4.69, 9.17) is 9.47 Å². The molecule has 1 aliphatic heterocycles. The standard InChI is InChI=1S/C14H10Br2FNO4S/c15-9-6-8(17)7-10(16)14(9)23(19,20)18-11-2-1-3-12-13(11)22-5-4-21-12/h1-3,6-7,18H,4-5H2. The average molecular weight is 467 g/mol. The monoisotopic (exact) mass is 465 g/mol. The summed E-state index contributed by atoms with van der Waals surface area (Å²) in [4.78, 5) is -0.103. The molecule has 0 saturated heterocycles. The number of hydrogen-bond acceptors (Lipinski definition) is 4. The Hall–Kier alpha value is -1.32. The van der Waals surface area contributed by atoms with Gasteiger partial charge in [-0.25, -0.2) is 12.8 Å². The number of benzene rings is 2. The summed E-state index contributed by atoms with van der Waals surface area (Å²) in [6, 6.07) is 7.07. The van der Waals surface area contributed by atoms with Crippen LogP contribution in [0.25, 0.3) is 0 Å². The predicted octanol–water partition coefficient (Wildman–Crippen LogP) is 3.92. The third kappa shape index (κ3) is 3.31. The molecule has 2 aromatic carbocycles. The number of sulfonamides is 1. The van der Waals surface area contributed by atoms with E-state index < -0.39 is 15.8 Å². The maximum Gasteiger partial charge on any atom is 0.264 e. The Balaban J connectivity index is 2.03. The van der Waals surface area contributed by atoms with Crippen LogP contribution in [0.1, 0.15) is 0 Å². The van der Waals surface area contributed by atoms with Gasteiger partial charge < -0.3 is 9.47 Å². The van der Waals surface area contributed by atoms with Gasteiger partial charge in [-0.1, -0.05) is 6.07 Å². The first-order chi connectivity index (χ1) is 10.9. The van der Waals surface area contributed by atoms with Crippen LogP contribution < -0.4 is 14.2 Å². The molecule has 0 aromatic heterocycles. The molecule has 0 aliphatic carbocycles. The lowest BCUT2D eigenvalue weighted by atomic mass is 10.2. The van der Waals surface area contributed by atoms with E-state index in [0.29, 0.717) is 24.7 Å². The molecule has 9 heteroatoms. The van der Waals surface area contributed by atoms with E-state index in [1.54, 1.807) is 18.2 Å². The van der Waals surface area contributed by atoms with Crippen LogP contribution in [0, 0.1) is 5.82 Å². The summed E-state index contributed by atoms with van der Waals surface area (Å²) in [5.41, 5.74) is 0.255. The van der Waals surface area contributed by atoms with E-state index in [1.807, 2.05) is 0 Å². The molecule has 0 amide bonds. The first kappa shape index (κ1) is 16.5. The molecule has 0 bridgehead atoms. The molecular formula is C14H10Br2FNO4S. The lowest BCUT2D eigenvalue weighted by Crippen LogP contribution is -2.19. The van der Waals surface area contributed by atoms with Crippen molar-refractivity contribution >= 4 is 47.6 Å². The zero-order valence-electron chi connectivity index (χ0n) is 11.5. The van der Waals surface area contributed by atoms with Crippen molar-refractivity contribution in [3.05, 3.63) is 45.1 Å². The van der Waals surface area contributed by atoms with Gasteiger partial charge in [0.25, 0.3) is 10.0 Å². The van der Waals surface area contributed by atoms with Gasteiger partial charge in [0.2, 0.25) is 0 Å². The number of para-hydroxylation sites is 1. The number of ether oxygens (including phenoxy) is 2. The third-order valence-corrected chi connectivity index (χ3v) is 6.28. The van der Waals surface area contributed by atoms with Crippen LogP contribution in [-0.2, 0) is 10.0 Å². The molecule has 0 fully saturated rings. The second kappa shape index (κ2) is 6.29. The number of rotatable bonds is 3. The molecule has 122 valence electrons. The van der Waals surface area contributed by atoms with Gasteiger partial charge in [-0.2, -0.15) is 0 Å². The van der Waals surface area contributed by atoms with E-state index in [1.165, 1.54) is 0 Å². The van der Waals surface area contributed by atoms with Gasteiger partial charge in [0.15, 0.2) is 11.5 Å². The van der Waals surface area contributed by atoms with Crippen LogP contribution in [0.15, 0.2) is 44.2 Å². The fraction of sp³-hybridized carbons (Fsp3) is 0.143. The smallest absolute Gasteiger partial charge is 0.264 e. The topological polar surface area (TPSA) is 64.6 Å². The molecule has 0 unspecified atom stereocenters. The van der Waals surface area contributed by atoms with Crippen molar-refractivity contribution in [1.82, 2.24) is 0 Å². The minimum absolute atomic E-state index is 0.103. The van der Waals surface area contributed by atoms with Crippen LogP contribution in [0.2, 0.25) is 0 Å². The van der Waals surface area contributed by atoms with Crippen molar-refractivity contribution in [2.45, 2.75) is 4.90 Å². The zero-order chi connectivity index (χ0) is 16.6. The molecule has 5 nitrogen and oxygen atoms in total. The van der Waals surface area contributed by atoms with Gasteiger partial charge in [0.05, 0.1) is 5.69 Å².